The topological polar surface area (TPSA) is 64.3 Å². The van der Waals surface area contributed by atoms with Crippen molar-refractivity contribution in [3.05, 3.63) is 29.1 Å². The fourth-order valence-electron chi connectivity index (χ4n) is 2.43. The minimum Gasteiger partial charge on any atom is -0.418 e. The van der Waals surface area contributed by atoms with Gasteiger partial charge in [-0.25, -0.2) is 4.98 Å². The van der Waals surface area contributed by atoms with Gasteiger partial charge in [0.1, 0.15) is 6.61 Å². The third kappa shape index (κ3) is 3.60. The van der Waals surface area contributed by atoms with Crippen LogP contribution in [0.1, 0.15) is 19.7 Å². The van der Waals surface area contributed by atoms with Crippen LogP contribution < -0.4 is 0 Å². The van der Waals surface area contributed by atoms with E-state index in [1.54, 1.807) is 6.07 Å². The van der Waals surface area contributed by atoms with Crippen molar-refractivity contribution in [2.24, 2.45) is 0 Å². The van der Waals surface area contributed by atoms with Crippen LogP contribution >= 0.6 is 11.6 Å². The highest BCUT2D eigenvalue weighted by atomic mass is 35.5. The van der Waals surface area contributed by atoms with Crippen molar-refractivity contribution in [3.63, 3.8) is 0 Å². The van der Waals surface area contributed by atoms with Gasteiger partial charge in [0.25, 0.3) is 0 Å². The van der Waals surface area contributed by atoms with Crippen LogP contribution in [0.4, 0.5) is 0 Å². The van der Waals surface area contributed by atoms with Crippen molar-refractivity contribution >= 4 is 22.5 Å². The first kappa shape index (κ1) is 16.1. The summed E-state index contributed by atoms with van der Waals surface area (Å²) in [5, 5.41) is 9.76. The van der Waals surface area contributed by atoms with Crippen LogP contribution in [0, 0.1) is 0 Å². The molecule has 0 spiro atoms. The van der Waals surface area contributed by atoms with Gasteiger partial charge in [-0.05, 0) is 31.3 Å². The molecule has 1 aromatic rings. The summed E-state index contributed by atoms with van der Waals surface area (Å²) in [7, 11) is 0. The molecule has 2 aliphatic rings. The molecule has 0 radical (unpaired) electrons. The Kier molecular flexibility index (Phi) is 5.05. The molecule has 0 amide bonds. The Labute approximate surface area is 139 Å². The molecule has 1 aromatic carbocycles. The summed E-state index contributed by atoms with van der Waals surface area (Å²) in [4.78, 5) is 6.70. The van der Waals surface area contributed by atoms with Crippen LogP contribution in [0.3, 0.4) is 0 Å². The lowest BCUT2D eigenvalue weighted by atomic mass is 10.2. The first-order valence-electron chi connectivity index (χ1n) is 7.72. The summed E-state index contributed by atoms with van der Waals surface area (Å²) < 4.78 is 11.3. The van der Waals surface area contributed by atoms with Gasteiger partial charge in [0.15, 0.2) is 5.69 Å². The summed E-state index contributed by atoms with van der Waals surface area (Å²) in [5.41, 5.74) is 1.41. The summed E-state index contributed by atoms with van der Waals surface area (Å²) in [5.74, 6) is 0.880. The predicted molar refractivity (Wildman–Crippen MR) is 88.7 cm³/mol. The molecule has 2 heterocycles. The van der Waals surface area contributed by atoms with E-state index in [4.69, 9.17) is 20.8 Å². The van der Waals surface area contributed by atoms with E-state index in [9.17, 15) is 0 Å². The van der Waals surface area contributed by atoms with Crippen LogP contribution in [0.15, 0.2) is 22.6 Å². The molecule has 0 aromatic heterocycles. The molecular formula is C16H19ClN4O2. The second-order valence-corrected chi connectivity index (χ2v) is 5.64. The van der Waals surface area contributed by atoms with Crippen molar-refractivity contribution in [1.29, 1.82) is 0 Å². The van der Waals surface area contributed by atoms with Gasteiger partial charge in [0.05, 0.1) is 12.1 Å². The molecule has 0 saturated carbocycles. The standard InChI is InChI=1S/C16H19ClN4O2/c1-3-21(4-2)7-8-22-10-14-19-20-15-12-9-11(17)5-6-13(12)18-16(15)23-14/h5-6,9H,3-4,7-8,10H2,1-2H3. The molecule has 0 aliphatic carbocycles. The number of benzene rings is 1. The lowest BCUT2D eigenvalue weighted by Crippen LogP contribution is -2.27. The first-order chi connectivity index (χ1) is 11.2. The maximum atomic E-state index is 6.01. The van der Waals surface area contributed by atoms with Crippen LogP contribution in [0.5, 0.6) is 0 Å². The van der Waals surface area contributed by atoms with Gasteiger partial charge >= 0.3 is 0 Å². The lowest BCUT2D eigenvalue weighted by molar-refractivity contribution is 0.0792. The number of aromatic nitrogens is 3. The number of hydrogen-bond acceptors (Lipinski definition) is 6. The molecule has 0 fully saturated rings. The van der Waals surface area contributed by atoms with Crippen molar-refractivity contribution < 1.29 is 9.15 Å². The number of halogens is 1. The highest BCUT2D eigenvalue weighted by molar-refractivity contribution is 6.31. The molecule has 2 aliphatic heterocycles. The number of nitrogens with zero attached hydrogens (tertiary/aromatic N) is 4. The Balaban J connectivity index is 1.68. The van der Waals surface area contributed by atoms with Crippen LogP contribution in [-0.2, 0) is 11.3 Å². The normalized spacial score (nSPS) is 11.8. The monoisotopic (exact) mass is 334 g/mol. The first-order valence-corrected chi connectivity index (χ1v) is 8.10. The van der Waals surface area contributed by atoms with E-state index in [1.807, 2.05) is 12.1 Å². The smallest absolute Gasteiger partial charge is 0.250 e. The maximum absolute atomic E-state index is 6.01. The summed E-state index contributed by atoms with van der Waals surface area (Å²) in [6.07, 6.45) is 0. The largest absolute Gasteiger partial charge is 0.418 e. The van der Waals surface area contributed by atoms with Gasteiger partial charge in [0, 0.05) is 17.0 Å². The summed E-state index contributed by atoms with van der Waals surface area (Å²) in [6.45, 7) is 8.11. The molecule has 122 valence electrons. The minimum absolute atomic E-state index is 0.286. The molecular weight excluding hydrogens is 316 g/mol. The molecule has 0 bridgehead atoms. The van der Waals surface area contributed by atoms with E-state index in [0.717, 1.165) is 30.5 Å². The van der Waals surface area contributed by atoms with E-state index < -0.39 is 0 Å². The molecule has 3 rings (SSSR count). The Morgan fingerprint density at radius 1 is 1.22 bits per heavy atom. The SMILES string of the molecule is CCN(CC)CCOCc1nnc2c3cc(Cl)ccc3nc-2o1. The van der Waals surface area contributed by atoms with E-state index >= 15 is 0 Å². The van der Waals surface area contributed by atoms with Gasteiger partial charge in [-0.1, -0.05) is 25.4 Å². The number of ether oxygens (including phenoxy) is 1. The van der Waals surface area contributed by atoms with Gasteiger partial charge < -0.3 is 14.1 Å². The zero-order valence-electron chi connectivity index (χ0n) is 13.3. The molecule has 0 saturated heterocycles. The molecule has 0 N–H and O–H groups in total. The summed E-state index contributed by atoms with van der Waals surface area (Å²) in [6, 6.07) is 5.45. The quantitative estimate of drug-likeness (QED) is 0.618. The molecule has 6 nitrogen and oxygen atoms in total. The van der Waals surface area contributed by atoms with E-state index in [0.29, 0.717) is 29.1 Å². The number of fused-ring (bicyclic) bond motifs is 3. The summed E-state index contributed by atoms with van der Waals surface area (Å²) >= 11 is 6.01. The van der Waals surface area contributed by atoms with Crippen molar-refractivity contribution in [2.75, 3.05) is 26.2 Å². The zero-order chi connectivity index (χ0) is 16.2. The highest BCUT2D eigenvalue weighted by Crippen LogP contribution is 2.30. The average Bonchev–Trinajstić information content (AvgIpc) is 2.92. The number of hydrogen-bond donors (Lipinski definition) is 0. The predicted octanol–water partition coefficient (Wildman–Crippen LogP) is 3.23. The van der Waals surface area contributed by atoms with Crippen LogP contribution in [-0.4, -0.2) is 46.3 Å². The van der Waals surface area contributed by atoms with E-state index in [1.165, 1.54) is 0 Å². The molecule has 23 heavy (non-hydrogen) atoms. The van der Waals surface area contributed by atoms with Crippen molar-refractivity contribution in [1.82, 2.24) is 20.1 Å². The van der Waals surface area contributed by atoms with Crippen LogP contribution in [0.25, 0.3) is 22.5 Å². The van der Waals surface area contributed by atoms with Gasteiger partial charge in [0.2, 0.25) is 11.8 Å². The van der Waals surface area contributed by atoms with Crippen LogP contribution in [0.2, 0.25) is 5.02 Å². The third-order valence-electron chi connectivity index (χ3n) is 3.79. The Morgan fingerprint density at radius 2 is 2.04 bits per heavy atom. The zero-order valence-corrected chi connectivity index (χ0v) is 14.0. The van der Waals surface area contributed by atoms with Gasteiger partial charge in [-0.3, -0.25) is 0 Å². The lowest BCUT2D eigenvalue weighted by Gasteiger charge is -2.17. The fraction of sp³-hybridized carbons (Fsp3) is 0.438. The second-order valence-electron chi connectivity index (χ2n) is 5.20. The Bertz CT molecular complexity index is 757. The van der Waals surface area contributed by atoms with E-state index in [-0.39, 0.29) is 6.61 Å². The Hall–Kier alpha value is -1.76. The molecule has 0 atom stereocenters. The van der Waals surface area contributed by atoms with Crippen molar-refractivity contribution in [3.8, 4) is 11.6 Å². The highest BCUT2D eigenvalue weighted by Gasteiger charge is 2.18. The fourth-order valence-corrected chi connectivity index (χ4v) is 2.60. The number of rotatable bonds is 7. The van der Waals surface area contributed by atoms with E-state index in [2.05, 4.69) is 33.9 Å². The van der Waals surface area contributed by atoms with Crippen molar-refractivity contribution in [2.45, 2.75) is 20.5 Å². The minimum atomic E-state index is 0.286. The number of likely N-dealkylation sites (N-methyl/N-ethyl adjacent to an activating group) is 1. The molecule has 7 heteroatoms. The van der Waals surface area contributed by atoms with Gasteiger partial charge in [-0.15, -0.1) is 10.2 Å². The Morgan fingerprint density at radius 3 is 2.83 bits per heavy atom. The molecule has 0 unspecified atom stereocenters. The second kappa shape index (κ2) is 7.21. The van der Waals surface area contributed by atoms with Gasteiger partial charge in [-0.2, -0.15) is 0 Å². The maximum Gasteiger partial charge on any atom is 0.250 e. The average molecular weight is 335 g/mol. The third-order valence-corrected chi connectivity index (χ3v) is 4.02.